The lowest BCUT2D eigenvalue weighted by molar-refractivity contribution is 0.0159. The molecule has 5 rings (SSSR count). The number of hydrogen-bond donors (Lipinski definition) is 1. The fourth-order valence-corrected chi connectivity index (χ4v) is 6.81. The first-order valence-electron chi connectivity index (χ1n) is 14.8. The molecule has 2 aliphatic rings. The van der Waals surface area contributed by atoms with E-state index in [-0.39, 0.29) is 12.1 Å². The first kappa shape index (κ1) is 31.4. The predicted molar refractivity (Wildman–Crippen MR) is 182 cm³/mol. The third-order valence-electron chi connectivity index (χ3n) is 8.26. The van der Waals surface area contributed by atoms with E-state index in [1.807, 2.05) is 45.0 Å². The molecule has 11 heteroatoms. The minimum absolute atomic E-state index is 0.0641. The van der Waals surface area contributed by atoms with E-state index in [9.17, 15) is 4.79 Å². The molecule has 1 amide bonds. The van der Waals surface area contributed by atoms with Crippen molar-refractivity contribution in [3.05, 3.63) is 39.9 Å². The van der Waals surface area contributed by atoms with Crippen LogP contribution >= 0.6 is 20.8 Å². The van der Waals surface area contributed by atoms with Crippen LogP contribution in [-0.2, 0) is 4.74 Å². The van der Waals surface area contributed by atoms with Crippen LogP contribution < -0.4 is 20.4 Å². The molecule has 2 saturated heterocycles. The molecule has 9 nitrogen and oxygen atoms in total. The largest absolute Gasteiger partial charge is 0.444 e. The quantitative estimate of drug-likeness (QED) is 0.317. The van der Waals surface area contributed by atoms with Crippen molar-refractivity contribution in [2.24, 2.45) is 4.99 Å². The van der Waals surface area contributed by atoms with Crippen molar-refractivity contribution in [3.63, 3.8) is 0 Å². The van der Waals surface area contributed by atoms with Crippen LogP contribution in [0.3, 0.4) is 0 Å². The van der Waals surface area contributed by atoms with Gasteiger partial charge in [0.1, 0.15) is 11.4 Å². The van der Waals surface area contributed by atoms with Crippen LogP contribution in [-0.4, -0.2) is 91.7 Å². The number of amides is 1. The summed E-state index contributed by atoms with van der Waals surface area (Å²) in [4.78, 5) is 33.8. The number of aliphatic imine (C=N–C) groups is 1. The number of anilines is 2. The molecule has 3 aromatic rings. The number of piperazine rings is 1. The van der Waals surface area contributed by atoms with Gasteiger partial charge in [-0.05, 0) is 71.3 Å². The SMILES string of the molecule is CN=Cc1c(C)ccc(C)c1-c1c(Cl)cc2c(N3CCN(C(=O)OC(C)(C)C)C(C)C3)nc(N3CC(NC)C3)nc2c1P. The van der Waals surface area contributed by atoms with Crippen molar-refractivity contribution >= 4 is 61.1 Å². The average molecular weight is 624 g/mol. The third kappa shape index (κ3) is 6.17. The summed E-state index contributed by atoms with van der Waals surface area (Å²) in [6.07, 6.45) is 1.62. The summed E-state index contributed by atoms with van der Waals surface area (Å²) in [5.74, 6) is 1.53. The monoisotopic (exact) mass is 623 g/mol. The number of benzene rings is 2. The van der Waals surface area contributed by atoms with Gasteiger partial charge in [0.05, 0.1) is 5.52 Å². The molecule has 2 aliphatic heterocycles. The number of halogens is 1. The van der Waals surface area contributed by atoms with Gasteiger partial charge >= 0.3 is 6.09 Å². The second-order valence-electron chi connectivity index (χ2n) is 12.6. The summed E-state index contributed by atoms with van der Waals surface area (Å²) in [6, 6.07) is 6.59. The maximum absolute atomic E-state index is 12.9. The van der Waals surface area contributed by atoms with E-state index in [4.69, 9.17) is 26.3 Å². The summed E-state index contributed by atoms with van der Waals surface area (Å²) in [5, 5.41) is 5.79. The van der Waals surface area contributed by atoms with Gasteiger partial charge in [0, 0.05) is 84.9 Å². The number of nitrogens with one attached hydrogen (secondary N) is 1. The fraction of sp³-hybridized carbons (Fsp3) is 0.500. The second kappa shape index (κ2) is 12.2. The summed E-state index contributed by atoms with van der Waals surface area (Å²) >= 11 is 7.16. The van der Waals surface area contributed by atoms with Crippen LogP contribution in [0.5, 0.6) is 0 Å². The maximum atomic E-state index is 12.9. The average Bonchev–Trinajstić information content (AvgIpc) is 2.90. The number of carbonyl (C=O) groups excluding carboxylic acids is 1. The van der Waals surface area contributed by atoms with Gasteiger partial charge in [-0.25, -0.2) is 9.78 Å². The van der Waals surface area contributed by atoms with Crippen molar-refractivity contribution in [2.75, 3.05) is 56.6 Å². The summed E-state index contributed by atoms with van der Waals surface area (Å²) in [7, 11) is 6.70. The van der Waals surface area contributed by atoms with E-state index in [2.05, 4.69) is 62.3 Å². The highest BCUT2D eigenvalue weighted by Crippen LogP contribution is 2.39. The van der Waals surface area contributed by atoms with Crippen LogP contribution in [0.25, 0.3) is 22.0 Å². The van der Waals surface area contributed by atoms with Crippen molar-refractivity contribution < 1.29 is 9.53 Å². The summed E-state index contributed by atoms with van der Waals surface area (Å²) < 4.78 is 5.68. The standard InChI is InChI=1S/C32H43ClN7O2P/c1-18-9-10-19(2)25(23(18)14-34-7)26-24(33)13-22-27(28(26)43)36-30(39-16-21(17-39)35-8)37-29(22)38-11-12-40(20(3)15-38)31(41)42-32(4,5)6/h9-10,13-14,20-21,35H,11-12,15-17,43H2,1-8H3. The normalized spacial score (nSPS) is 18.1. The van der Waals surface area contributed by atoms with Crippen LogP contribution in [0.4, 0.5) is 16.6 Å². The first-order chi connectivity index (χ1) is 20.3. The Hall–Kier alpha value is -3.00. The second-order valence-corrected chi connectivity index (χ2v) is 13.6. The van der Waals surface area contributed by atoms with Gasteiger partial charge in [0.25, 0.3) is 0 Å². The molecule has 2 aromatic carbocycles. The third-order valence-corrected chi connectivity index (χ3v) is 9.12. The minimum atomic E-state index is -0.545. The number of aryl methyl sites for hydroxylation is 2. The molecule has 0 bridgehead atoms. The molecule has 0 radical (unpaired) electrons. The molecule has 0 aliphatic carbocycles. The Bertz CT molecular complexity index is 1580. The Morgan fingerprint density at radius 1 is 1.12 bits per heavy atom. The lowest BCUT2D eigenvalue weighted by Gasteiger charge is -2.42. The lowest BCUT2D eigenvalue weighted by Crippen LogP contribution is -2.58. The Labute approximate surface area is 262 Å². The molecule has 0 spiro atoms. The molecular weight excluding hydrogens is 581 g/mol. The van der Waals surface area contributed by atoms with E-state index in [1.54, 1.807) is 7.05 Å². The van der Waals surface area contributed by atoms with Crippen molar-refractivity contribution in [1.29, 1.82) is 0 Å². The summed E-state index contributed by atoms with van der Waals surface area (Å²) in [5.41, 5.74) is 5.59. The van der Waals surface area contributed by atoms with Crippen molar-refractivity contribution in [1.82, 2.24) is 20.2 Å². The van der Waals surface area contributed by atoms with E-state index >= 15 is 0 Å². The molecular formula is C32H43ClN7O2P. The number of fused-ring (bicyclic) bond motifs is 1. The zero-order valence-electron chi connectivity index (χ0n) is 26.5. The maximum Gasteiger partial charge on any atom is 0.410 e. The van der Waals surface area contributed by atoms with E-state index in [0.29, 0.717) is 36.6 Å². The molecule has 1 aromatic heterocycles. The zero-order valence-corrected chi connectivity index (χ0v) is 28.4. The number of aromatic nitrogens is 2. The Kier molecular flexibility index (Phi) is 8.90. The van der Waals surface area contributed by atoms with Gasteiger partial charge < -0.3 is 24.8 Å². The first-order valence-corrected chi connectivity index (χ1v) is 15.8. The van der Waals surface area contributed by atoms with Crippen LogP contribution in [0.2, 0.25) is 5.02 Å². The topological polar surface area (TPSA) is 86.2 Å². The zero-order chi connectivity index (χ0) is 31.2. The Morgan fingerprint density at radius 2 is 1.81 bits per heavy atom. The van der Waals surface area contributed by atoms with Gasteiger partial charge in [-0.2, -0.15) is 4.98 Å². The van der Waals surface area contributed by atoms with Crippen molar-refractivity contribution in [2.45, 2.75) is 59.2 Å². The van der Waals surface area contributed by atoms with Gasteiger partial charge in [-0.15, -0.1) is 9.24 Å². The smallest absolute Gasteiger partial charge is 0.410 e. The van der Waals surface area contributed by atoms with Crippen molar-refractivity contribution in [3.8, 4) is 11.1 Å². The van der Waals surface area contributed by atoms with Crippen LogP contribution in [0, 0.1) is 13.8 Å². The van der Waals surface area contributed by atoms with Gasteiger partial charge in [-0.3, -0.25) is 4.99 Å². The molecule has 230 valence electrons. The van der Waals surface area contributed by atoms with Crippen LogP contribution in [0.1, 0.15) is 44.4 Å². The Balaban J connectivity index is 1.63. The Morgan fingerprint density at radius 3 is 2.44 bits per heavy atom. The number of carbonyl (C=O) groups is 1. The molecule has 1 N–H and O–H groups in total. The molecule has 3 heterocycles. The molecule has 2 fully saturated rings. The summed E-state index contributed by atoms with van der Waals surface area (Å²) in [6.45, 7) is 15.4. The van der Waals surface area contributed by atoms with E-state index < -0.39 is 5.60 Å². The highest BCUT2D eigenvalue weighted by molar-refractivity contribution is 7.29. The molecule has 2 atom stereocenters. The number of rotatable bonds is 5. The highest BCUT2D eigenvalue weighted by atomic mass is 35.5. The van der Waals surface area contributed by atoms with Crippen LogP contribution in [0.15, 0.2) is 23.2 Å². The minimum Gasteiger partial charge on any atom is -0.444 e. The van der Waals surface area contributed by atoms with Gasteiger partial charge in [0.15, 0.2) is 0 Å². The number of hydrogen-bond acceptors (Lipinski definition) is 8. The molecule has 43 heavy (non-hydrogen) atoms. The van der Waals surface area contributed by atoms with Gasteiger partial charge in [-0.1, -0.05) is 23.7 Å². The number of likely N-dealkylation sites (N-methyl/N-ethyl adjacent to an activating group) is 1. The van der Waals surface area contributed by atoms with E-state index in [0.717, 1.165) is 62.9 Å². The number of ether oxygens (including phenoxy) is 1. The number of nitrogens with zero attached hydrogens (tertiary/aromatic N) is 6. The van der Waals surface area contributed by atoms with E-state index in [1.165, 1.54) is 0 Å². The van der Waals surface area contributed by atoms with Gasteiger partial charge in [0.2, 0.25) is 5.95 Å². The fourth-order valence-electron chi connectivity index (χ4n) is 5.89. The lowest BCUT2D eigenvalue weighted by atomic mass is 9.91. The predicted octanol–water partition coefficient (Wildman–Crippen LogP) is 4.97. The highest BCUT2D eigenvalue weighted by Gasteiger charge is 2.34. The molecule has 0 saturated carbocycles. The molecule has 2 unspecified atom stereocenters.